The van der Waals surface area contributed by atoms with Crippen LogP contribution in [0.2, 0.25) is 0 Å². The number of hydrogen-bond donors (Lipinski definition) is 1. The van der Waals surface area contributed by atoms with E-state index in [9.17, 15) is 9.18 Å². The van der Waals surface area contributed by atoms with Gasteiger partial charge < -0.3 is 10.5 Å². The van der Waals surface area contributed by atoms with Gasteiger partial charge in [-0.3, -0.25) is 0 Å². The molecule has 64 valence electrons. The molecule has 0 atom stereocenters. The molecule has 0 spiro atoms. The van der Waals surface area contributed by atoms with E-state index in [1.165, 1.54) is 13.2 Å². The molecule has 0 aliphatic carbocycles. The van der Waals surface area contributed by atoms with Crippen LogP contribution in [0, 0.1) is 5.95 Å². The summed E-state index contributed by atoms with van der Waals surface area (Å²) in [5, 5.41) is 0. The van der Waals surface area contributed by atoms with Crippen molar-refractivity contribution in [2.75, 3.05) is 12.8 Å². The molecule has 2 N–H and O–H groups in total. The first-order valence-electron chi connectivity index (χ1n) is 3.15. The highest BCUT2D eigenvalue weighted by Gasteiger charge is 2.12. The summed E-state index contributed by atoms with van der Waals surface area (Å²) in [7, 11) is 1.17. The van der Waals surface area contributed by atoms with Crippen molar-refractivity contribution in [1.82, 2.24) is 4.98 Å². The minimum absolute atomic E-state index is 0.100. The summed E-state index contributed by atoms with van der Waals surface area (Å²) in [5.41, 5.74) is 5.24. The first-order chi connectivity index (χ1) is 5.65. The number of aromatic nitrogens is 1. The number of nitrogen functional groups attached to an aromatic ring is 1. The van der Waals surface area contributed by atoms with Crippen LogP contribution in [0.1, 0.15) is 10.5 Å². The van der Waals surface area contributed by atoms with Crippen LogP contribution in [0.15, 0.2) is 12.1 Å². The van der Waals surface area contributed by atoms with E-state index < -0.39 is 11.9 Å². The molecule has 5 heteroatoms. The van der Waals surface area contributed by atoms with Crippen LogP contribution >= 0.6 is 0 Å². The molecule has 0 bridgehead atoms. The molecule has 0 amide bonds. The number of nitrogens with two attached hydrogens (primary N) is 1. The highest BCUT2D eigenvalue weighted by Crippen LogP contribution is 2.09. The fraction of sp³-hybridized carbons (Fsp3) is 0.143. The number of carbonyl (C=O) groups is 1. The highest BCUT2D eigenvalue weighted by atomic mass is 19.1. The number of carbonyl (C=O) groups excluding carboxylic acids is 1. The smallest absolute Gasteiger partial charge is 0.358 e. The maximum absolute atomic E-state index is 12.5. The van der Waals surface area contributed by atoms with Crippen LogP contribution in [0.5, 0.6) is 0 Å². The summed E-state index contributed by atoms with van der Waals surface area (Å²) < 4.78 is 16.8. The van der Waals surface area contributed by atoms with Crippen molar-refractivity contribution < 1.29 is 13.9 Å². The van der Waals surface area contributed by atoms with Gasteiger partial charge in [0.15, 0.2) is 5.69 Å². The molecule has 12 heavy (non-hydrogen) atoms. The van der Waals surface area contributed by atoms with Gasteiger partial charge in [-0.15, -0.1) is 0 Å². The Labute approximate surface area is 68.2 Å². The van der Waals surface area contributed by atoms with Crippen molar-refractivity contribution >= 4 is 11.7 Å². The normalized spacial score (nSPS) is 9.50. The van der Waals surface area contributed by atoms with Gasteiger partial charge in [0.25, 0.3) is 0 Å². The van der Waals surface area contributed by atoms with Crippen molar-refractivity contribution in [2.45, 2.75) is 0 Å². The summed E-state index contributed by atoms with van der Waals surface area (Å²) in [4.78, 5) is 14.1. The average Bonchev–Trinajstić information content (AvgIpc) is 2.08. The summed E-state index contributed by atoms with van der Waals surface area (Å²) in [5.74, 6) is -1.50. The third kappa shape index (κ3) is 1.50. The monoisotopic (exact) mass is 170 g/mol. The number of rotatable bonds is 1. The summed E-state index contributed by atoms with van der Waals surface area (Å²) in [6, 6.07) is 2.33. The van der Waals surface area contributed by atoms with Crippen molar-refractivity contribution in [3.05, 3.63) is 23.8 Å². The molecule has 0 saturated carbocycles. The number of hydrogen-bond acceptors (Lipinski definition) is 4. The lowest BCUT2D eigenvalue weighted by atomic mass is 10.3. The maximum atomic E-state index is 12.5. The second-order valence-corrected chi connectivity index (χ2v) is 2.06. The zero-order chi connectivity index (χ0) is 9.14. The summed E-state index contributed by atoms with van der Waals surface area (Å²) in [6.07, 6.45) is 0. The quantitative estimate of drug-likeness (QED) is 0.494. The Morgan fingerprint density at radius 3 is 2.92 bits per heavy atom. The van der Waals surface area contributed by atoms with Gasteiger partial charge in [-0.2, -0.15) is 4.39 Å². The van der Waals surface area contributed by atoms with Gasteiger partial charge in [-0.25, -0.2) is 9.78 Å². The van der Waals surface area contributed by atoms with Crippen LogP contribution < -0.4 is 5.73 Å². The second-order valence-electron chi connectivity index (χ2n) is 2.06. The molecule has 1 aromatic rings. The van der Waals surface area contributed by atoms with Crippen molar-refractivity contribution in [2.24, 2.45) is 0 Å². The van der Waals surface area contributed by atoms with Gasteiger partial charge in [0.1, 0.15) is 0 Å². The van der Waals surface area contributed by atoms with Crippen LogP contribution in [-0.4, -0.2) is 18.1 Å². The number of methoxy groups -OCH3 is 1. The second kappa shape index (κ2) is 3.17. The summed E-state index contributed by atoms with van der Waals surface area (Å²) >= 11 is 0. The lowest BCUT2D eigenvalue weighted by Crippen LogP contribution is -2.09. The van der Waals surface area contributed by atoms with Crippen LogP contribution in [-0.2, 0) is 4.74 Å². The van der Waals surface area contributed by atoms with Gasteiger partial charge in [-0.1, -0.05) is 0 Å². The molecule has 1 aromatic heterocycles. The molecule has 0 aliphatic heterocycles. The standard InChI is InChI=1S/C7H7FN2O2/c1-12-7(11)6-4(9)2-3-5(8)10-6/h2-3H,9H2,1H3. The average molecular weight is 170 g/mol. The van der Waals surface area contributed by atoms with Gasteiger partial charge in [0.05, 0.1) is 12.8 Å². The van der Waals surface area contributed by atoms with Gasteiger partial charge in [0, 0.05) is 0 Å². The minimum Gasteiger partial charge on any atom is -0.464 e. The Morgan fingerprint density at radius 2 is 2.33 bits per heavy atom. The molecule has 1 heterocycles. The highest BCUT2D eigenvalue weighted by molar-refractivity contribution is 5.92. The number of esters is 1. The largest absolute Gasteiger partial charge is 0.464 e. The van der Waals surface area contributed by atoms with E-state index in [-0.39, 0.29) is 11.4 Å². The lowest BCUT2D eigenvalue weighted by molar-refractivity contribution is 0.0594. The topological polar surface area (TPSA) is 65.2 Å². The third-order valence-corrected chi connectivity index (χ3v) is 1.27. The predicted octanol–water partition coefficient (Wildman–Crippen LogP) is 0.590. The third-order valence-electron chi connectivity index (χ3n) is 1.27. The first kappa shape index (κ1) is 8.45. The summed E-state index contributed by atoms with van der Waals surface area (Å²) in [6.45, 7) is 0. The van der Waals surface area contributed by atoms with Crippen LogP contribution in [0.25, 0.3) is 0 Å². The molecule has 1 rings (SSSR count). The van der Waals surface area contributed by atoms with Gasteiger partial charge in [0.2, 0.25) is 5.95 Å². The number of pyridine rings is 1. The molecule has 0 aliphatic rings. The molecule has 0 fully saturated rings. The Hall–Kier alpha value is -1.65. The number of anilines is 1. The Morgan fingerprint density at radius 1 is 1.67 bits per heavy atom. The maximum Gasteiger partial charge on any atom is 0.358 e. The van der Waals surface area contributed by atoms with Gasteiger partial charge in [-0.05, 0) is 12.1 Å². The SMILES string of the molecule is COC(=O)c1nc(F)ccc1N. The van der Waals surface area contributed by atoms with Crippen molar-refractivity contribution in [3.63, 3.8) is 0 Å². The number of halogens is 1. The Kier molecular flexibility index (Phi) is 2.23. The van der Waals surface area contributed by atoms with Gasteiger partial charge >= 0.3 is 5.97 Å². The molecular weight excluding hydrogens is 163 g/mol. The van der Waals surface area contributed by atoms with E-state index in [2.05, 4.69) is 9.72 Å². The predicted molar refractivity (Wildman–Crippen MR) is 39.9 cm³/mol. The Balaban J connectivity index is 3.13. The minimum atomic E-state index is -0.760. The Bertz CT molecular complexity index is 314. The molecule has 0 saturated heterocycles. The molecule has 0 unspecified atom stereocenters. The van der Waals surface area contributed by atoms with E-state index in [4.69, 9.17) is 5.73 Å². The fourth-order valence-corrected chi connectivity index (χ4v) is 0.706. The fourth-order valence-electron chi connectivity index (χ4n) is 0.706. The lowest BCUT2D eigenvalue weighted by Gasteiger charge is -2.00. The molecule has 4 nitrogen and oxygen atoms in total. The number of ether oxygens (including phenoxy) is 1. The van der Waals surface area contributed by atoms with E-state index in [1.807, 2.05) is 0 Å². The van der Waals surface area contributed by atoms with E-state index in [0.717, 1.165) is 6.07 Å². The van der Waals surface area contributed by atoms with E-state index in [1.54, 1.807) is 0 Å². The molecule has 0 aromatic carbocycles. The van der Waals surface area contributed by atoms with Crippen LogP contribution in [0.3, 0.4) is 0 Å². The molecule has 0 radical (unpaired) electrons. The van der Waals surface area contributed by atoms with E-state index >= 15 is 0 Å². The first-order valence-corrected chi connectivity index (χ1v) is 3.15. The van der Waals surface area contributed by atoms with Crippen molar-refractivity contribution in [3.8, 4) is 0 Å². The van der Waals surface area contributed by atoms with Crippen molar-refractivity contribution in [1.29, 1.82) is 0 Å². The van der Waals surface area contributed by atoms with E-state index in [0.29, 0.717) is 0 Å². The zero-order valence-electron chi connectivity index (χ0n) is 6.37. The van der Waals surface area contributed by atoms with Crippen LogP contribution in [0.4, 0.5) is 10.1 Å². The number of nitrogens with zero attached hydrogens (tertiary/aromatic N) is 1. The zero-order valence-corrected chi connectivity index (χ0v) is 6.37. The molecular formula is C7H7FN2O2.